The first-order valence-electron chi connectivity index (χ1n) is 8.96. The van der Waals surface area contributed by atoms with E-state index >= 15 is 0 Å². The van der Waals surface area contributed by atoms with Gasteiger partial charge in [-0.3, -0.25) is 4.99 Å². The summed E-state index contributed by atoms with van der Waals surface area (Å²) in [5.74, 6) is 3.17. The zero-order valence-corrected chi connectivity index (χ0v) is 17.3. The van der Waals surface area contributed by atoms with E-state index in [0.29, 0.717) is 6.54 Å². The highest BCUT2D eigenvalue weighted by molar-refractivity contribution is 5.79. The summed E-state index contributed by atoms with van der Waals surface area (Å²) in [7, 11) is 7.10. The van der Waals surface area contributed by atoms with Gasteiger partial charge in [-0.25, -0.2) is 0 Å². The zero-order valence-electron chi connectivity index (χ0n) is 17.3. The van der Waals surface area contributed by atoms with Crippen molar-refractivity contribution < 1.29 is 14.0 Å². The van der Waals surface area contributed by atoms with E-state index < -0.39 is 0 Å². The van der Waals surface area contributed by atoms with Crippen LogP contribution in [0, 0.1) is 20.8 Å². The molecule has 1 aromatic carbocycles. The fourth-order valence-electron chi connectivity index (χ4n) is 3.07. The molecule has 148 valence electrons. The number of methoxy groups -OCH3 is 2. The number of hydrogen-bond donors (Lipinski definition) is 1. The van der Waals surface area contributed by atoms with Gasteiger partial charge in [0.05, 0.1) is 19.9 Å². The van der Waals surface area contributed by atoms with Crippen molar-refractivity contribution >= 4 is 5.96 Å². The maximum atomic E-state index is 5.42. The summed E-state index contributed by atoms with van der Waals surface area (Å²) in [5, 5.41) is 7.40. The molecule has 0 saturated carbocycles. The Morgan fingerprint density at radius 2 is 1.85 bits per heavy atom. The molecular formula is C20H30N4O3. The van der Waals surface area contributed by atoms with Crippen LogP contribution in [0.2, 0.25) is 0 Å². The van der Waals surface area contributed by atoms with E-state index in [1.54, 1.807) is 21.3 Å². The molecule has 2 aromatic rings. The first kappa shape index (κ1) is 20.6. The van der Waals surface area contributed by atoms with Crippen LogP contribution < -0.4 is 14.8 Å². The molecule has 0 aliphatic heterocycles. The lowest BCUT2D eigenvalue weighted by atomic mass is 10.1. The van der Waals surface area contributed by atoms with Crippen molar-refractivity contribution in [3.63, 3.8) is 0 Å². The van der Waals surface area contributed by atoms with E-state index in [1.807, 2.05) is 33.0 Å². The number of nitrogens with zero attached hydrogens (tertiary/aromatic N) is 3. The van der Waals surface area contributed by atoms with Crippen molar-refractivity contribution in [2.24, 2.45) is 4.99 Å². The van der Waals surface area contributed by atoms with Crippen molar-refractivity contribution in [3.05, 3.63) is 40.3 Å². The second-order valence-electron chi connectivity index (χ2n) is 6.52. The molecule has 1 heterocycles. The van der Waals surface area contributed by atoms with Gasteiger partial charge in [-0.15, -0.1) is 0 Å². The fraction of sp³-hybridized carbons (Fsp3) is 0.500. The minimum atomic E-state index is 0.706. The third-order valence-electron chi connectivity index (χ3n) is 4.66. The first-order valence-corrected chi connectivity index (χ1v) is 8.96. The molecule has 0 aliphatic carbocycles. The van der Waals surface area contributed by atoms with Gasteiger partial charge in [0.15, 0.2) is 17.5 Å². The number of nitrogens with one attached hydrogen (secondary N) is 1. The van der Waals surface area contributed by atoms with Crippen LogP contribution in [0.3, 0.4) is 0 Å². The third-order valence-corrected chi connectivity index (χ3v) is 4.66. The van der Waals surface area contributed by atoms with Crippen LogP contribution in [0.5, 0.6) is 11.5 Å². The topological polar surface area (TPSA) is 72.1 Å². The molecule has 2 rings (SSSR count). The summed E-state index contributed by atoms with van der Waals surface area (Å²) in [6, 6.07) is 4.01. The number of aromatic nitrogens is 1. The SMILES string of the molecule is CN=C(NCCc1c(C)noc1C)N(C)Cc1cc(OC)c(OC)cc1C. The second-order valence-corrected chi connectivity index (χ2v) is 6.52. The predicted molar refractivity (Wildman–Crippen MR) is 107 cm³/mol. The van der Waals surface area contributed by atoms with Crippen molar-refractivity contribution in [3.8, 4) is 11.5 Å². The Balaban J connectivity index is 2.02. The molecule has 0 unspecified atom stereocenters. The van der Waals surface area contributed by atoms with Crippen LogP contribution >= 0.6 is 0 Å². The van der Waals surface area contributed by atoms with E-state index in [2.05, 4.69) is 27.3 Å². The standard InChI is InChI=1S/C20H30N4O3/c1-13-10-18(25-6)19(26-7)11-16(13)12-24(5)20(21-4)22-9-8-17-14(2)23-27-15(17)3/h10-11H,8-9,12H2,1-7H3,(H,21,22). The van der Waals surface area contributed by atoms with Gasteiger partial charge in [-0.2, -0.15) is 0 Å². The summed E-state index contributed by atoms with van der Waals surface area (Å²) in [6.07, 6.45) is 0.837. The van der Waals surface area contributed by atoms with E-state index in [0.717, 1.165) is 58.6 Å². The lowest BCUT2D eigenvalue weighted by Gasteiger charge is -2.23. The lowest BCUT2D eigenvalue weighted by Crippen LogP contribution is -2.39. The molecule has 0 amide bonds. The molecule has 1 N–H and O–H groups in total. The Labute approximate surface area is 161 Å². The molecule has 27 heavy (non-hydrogen) atoms. The molecule has 0 bridgehead atoms. The highest BCUT2D eigenvalue weighted by atomic mass is 16.5. The smallest absolute Gasteiger partial charge is 0.193 e. The molecule has 7 nitrogen and oxygen atoms in total. The molecular weight excluding hydrogens is 344 g/mol. The normalized spacial score (nSPS) is 11.4. The Morgan fingerprint density at radius 1 is 1.19 bits per heavy atom. The maximum Gasteiger partial charge on any atom is 0.193 e. The Kier molecular flexibility index (Phi) is 7.10. The van der Waals surface area contributed by atoms with E-state index in [-0.39, 0.29) is 0 Å². The number of ether oxygens (including phenoxy) is 2. The lowest BCUT2D eigenvalue weighted by molar-refractivity contribution is 0.353. The number of benzene rings is 1. The average Bonchev–Trinajstić information content (AvgIpc) is 2.98. The summed E-state index contributed by atoms with van der Waals surface area (Å²) >= 11 is 0. The molecule has 1 aromatic heterocycles. The minimum Gasteiger partial charge on any atom is -0.493 e. The molecule has 0 saturated heterocycles. The zero-order chi connectivity index (χ0) is 20.0. The van der Waals surface area contributed by atoms with Crippen molar-refractivity contribution in [2.45, 2.75) is 33.7 Å². The molecule has 0 radical (unpaired) electrons. The molecule has 7 heteroatoms. The molecule has 0 aliphatic rings. The highest BCUT2D eigenvalue weighted by Gasteiger charge is 2.13. The molecule has 0 spiro atoms. The number of rotatable bonds is 7. The van der Waals surface area contributed by atoms with Gasteiger partial charge >= 0.3 is 0 Å². The average molecular weight is 374 g/mol. The third kappa shape index (κ3) is 4.93. The van der Waals surface area contributed by atoms with Crippen LogP contribution in [0.25, 0.3) is 0 Å². The highest BCUT2D eigenvalue weighted by Crippen LogP contribution is 2.30. The number of hydrogen-bond acceptors (Lipinski definition) is 5. The van der Waals surface area contributed by atoms with Gasteiger partial charge in [-0.05, 0) is 50.5 Å². The number of aryl methyl sites for hydroxylation is 3. The van der Waals surface area contributed by atoms with Gasteiger partial charge in [0.2, 0.25) is 0 Å². The summed E-state index contributed by atoms with van der Waals surface area (Å²) < 4.78 is 16.0. The first-order chi connectivity index (χ1) is 12.9. The Hall–Kier alpha value is -2.70. The Morgan fingerprint density at radius 3 is 2.41 bits per heavy atom. The molecule has 0 atom stereocenters. The summed E-state index contributed by atoms with van der Waals surface area (Å²) in [4.78, 5) is 6.48. The van der Waals surface area contributed by atoms with Gasteiger partial charge in [-0.1, -0.05) is 5.16 Å². The predicted octanol–water partition coefficient (Wildman–Crippen LogP) is 2.87. The summed E-state index contributed by atoms with van der Waals surface area (Å²) in [6.45, 7) is 7.43. The van der Waals surface area contributed by atoms with Crippen LogP contribution in [-0.4, -0.2) is 50.9 Å². The van der Waals surface area contributed by atoms with Gasteiger partial charge < -0.3 is 24.2 Å². The number of aliphatic imine (C=N–C) groups is 1. The molecule has 0 fully saturated rings. The van der Waals surface area contributed by atoms with Gasteiger partial charge in [0.25, 0.3) is 0 Å². The van der Waals surface area contributed by atoms with Crippen molar-refractivity contribution in [1.29, 1.82) is 0 Å². The quantitative estimate of drug-likeness (QED) is 0.593. The van der Waals surface area contributed by atoms with Crippen LogP contribution in [0.1, 0.15) is 28.1 Å². The van der Waals surface area contributed by atoms with Crippen LogP contribution in [0.15, 0.2) is 21.6 Å². The van der Waals surface area contributed by atoms with Crippen LogP contribution in [-0.2, 0) is 13.0 Å². The summed E-state index contributed by atoms with van der Waals surface area (Å²) in [5.41, 5.74) is 4.39. The van der Waals surface area contributed by atoms with E-state index in [9.17, 15) is 0 Å². The van der Waals surface area contributed by atoms with Gasteiger partial charge in [0.1, 0.15) is 5.76 Å². The maximum absolute atomic E-state index is 5.42. The van der Waals surface area contributed by atoms with E-state index in [1.165, 1.54) is 0 Å². The monoisotopic (exact) mass is 374 g/mol. The van der Waals surface area contributed by atoms with Gasteiger partial charge in [0, 0.05) is 32.7 Å². The number of guanidine groups is 1. The largest absolute Gasteiger partial charge is 0.493 e. The second kappa shape index (κ2) is 9.30. The Bertz CT molecular complexity index is 779. The fourth-order valence-corrected chi connectivity index (χ4v) is 3.07. The van der Waals surface area contributed by atoms with Crippen molar-refractivity contribution in [1.82, 2.24) is 15.4 Å². The van der Waals surface area contributed by atoms with Crippen LogP contribution in [0.4, 0.5) is 0 Å². The van der Waals surface area contributed by atoms with Crippen molar-refractivity contribution in [2.75, 3.05) is 34.9 Å². The van der Waals surface area contributed by atoms with E-state index in [4.69, 9.17) is 14.0 Å². The minimum absolute atomic E-state index is 0.706.